The van der Waals surface area contributed by atoms with E-state index in [0.717, 1.165) is 0 Å². The third-order valence-corrected chi connectivity index (χ3v) is 6.36. The van der Waals surface area contributed by atoms with Crippen LogP contribution in [-0.4, -0.2) is 57.8 Å². The van der Waals surface area contributed by atoms with Gasteiger partial charge in [0.15, 0.2) is 6.10 Å². The van der Waals surface area contributed by atoms with E-state index in [4.69, 9.17) is 9.47 Å². The molecule has 2 heterocycles. The van der Waals surface area contributed by atoms with E-state index < -0.39 is 52.6 Å². The fraction of sp³-hybridized carbons (Fsp3) is 0.733. The fourth-order valence-corrected chi connectivity index (χ4v) is 4.94. The van der Waals surface area contributed by atoms with E-state index in [-0.39, 0.29) is 13.0 Å². The van der Waals surface area contributed by atoms with Gasteiger partial charge in [-0.1, -0.05) is 13.0 Å². The minimum Gasteiger partial charge on any atom is -0.462 e. The quantitative estimate of drug-likeness (QED) is 0.384. The van der Waals surface area contributed by atoms with Crippen LogP contribution in [0.2, 0.25) is 0 Å². The number of esters is 2. The van der Waals surface area contributed by atoms with Crippen molar-refractivity contribution in [2.24, 2.45) is 16.7 Å². The maximum atomic E-state index is 12.2. The Morgan fingerprint density at radius 1 is 1.32 bits per heavy atom. The maximum absolute atomic E-state index is 12.2. The summed E-state index contributed by atoms with van der Waals surface area (Å²) in [5.74, 6) is -2.13. The highest BCUT2D eigenvalue weighted by Crippen LogP contribution is 2.67. The van der Waals surface area contributed by atoms with Crippen molar-refractivity contribution in [1.82, 2.24) is 0 Å². The van der Waals surface area contributed by atoms with Crippen LogP contribution in [0.3, 0.4) is 0 Å². The topological polar surface area (TPSA) is 113 Å². The molecule has 2 bridgehead atoms. The summed E-state index contributed by atoms with van der Waals surface area (Å²) in [6, 6.07) is 0. The summed E-state index contributed by atoms with van der Waals surface area (Å²) in [5.41, 5.74) is -3.63. The third kappa shape index (κ3) is 1.15. The summed E-state index contributed by atoms with van der Waals surface area (Å²) in [6.45, 7) is 3.33. The number of aliphatic hydroxyl groups is 3. The standard InChI is InChI=1S/C15H18O7/c1-6-7(16)3-8-13(2)5-21-12(19)15(13,20)9-4-14(6,8)10(17)11(18)22-9/h3,6-7,9-10,16-17,20H,4-5H2,1-2H3. The lowest BCUT2D eigenvalue weighted by Gasteiger charge is -2.58. The smallest absolute Gasteiger partial charge is 0.343 e. The molecule has 0 amide bonds. The van der Waals surface area contributed by atoms with Crippen LogP contribution in [0.1, 0.15) is 20.3 Å². The van der Waals surface area contributed by atoms with Crippen molar-refractivity contribution in [3.05, 3.63) is 11.6 Å². The highest BCUT2D eigenvalue weighted by Gasteiger charge is 2.78. The number of ether oxygens (including phenoxy) is 2. The summed E-state index contributed by atoms with van der Waals surface area (Å²) in [4.78, 5) is 24.3. The molecule has 3 N–H and O–H groups in total. The van der Waals surface area contributed by atoms with Crippen LogP contribution in [0.15, 0.2) is 11.6 Å². The normalized spacial score (nSPS) is 56.0. The van der Waals surface area contributed by atoms with Gasteiger partial charge in [-0.3, -0.25) is 0 Å². The van der Waals surface area contributed by atoms with Crippen LogP contribution in [0.25, 0.3) is 0 Å². The Hall–Kier alpha value is -1.44. The first-order chi connectivity index (χ1) is 10.2. The van der Waals surface area contributed by atoms with Gasteiger partial charge in [-0.2, -0.15) is 0 Å². The molecule has 2 aliphatic heterocycles. The molecule has 3 fully saturated rings. The SMILES string of the molecule is CC1C(O)C=C2C13CC(OC(=O)C3O)C1(O)C(=O)OCC21C. The molecule has 7 nitrogen and oxygen atoms in total. The lowest BCUT2D eigenvalue weighted by atomic mass is 9.49. The van der Waals surface area contributed by atoms with E-state index in [9.17, 15) is 24.9 Å². The van der Waals surface area contributed by atoms with Crippen LogP contribution in [0.4, 0.5) is 0 Å². The van der Waals surface area contributed by atoms with E-state index >= 15 is 0 Å². The number of carbonyl (C=O) groups excluding carboxylic acids is 2. The first-order valence-corrected chi connectivity index (χ1v) is 7.38. The van der Waals surface area contributed by atoms with Crippen LogP contribution < -0.4 is 0 Å². The Balaban J connectivity index is 2.00. The Kier molecular flexibility index (Phi) is 2.40. The van der Waals surface area contributed by atoms with Gasteiger partial charge in [0, 0.05) is 11.8 Å². The van der Waals surface area contributed by atoms with Gasteiger partial charge in [-0.25, -0.2) is 9.59 Å². The van der Waals surface area contributed by atoms with Gasteiger partial charge in [-0.05, 0) is 18.4 Å². The number of hydrogen-bond acceptors (Lipinski definition) is 7. The Morgan fingerprint density at radius 2 is 2.00 bits per heavy atom. The van der Waals surface area contributed by atoms with Crippen molar-refractivity contribution in [1.29, 1.82) is 0 Å². The van der Waals surface area contributed by atoms with Gasteiger partial charge < -0.3 is 24.8 Å². The Morgan fingerprint density at radius 3 is 2.68 bits per heavy atom. The number of aliphatic hydroxyl groups excluding tert-OH is 2. The van der Waals surface area contributed by atoms with Crippen LogP contribution in [-0.2, 0) is 19.1 Å². The zero-order valence-electron chi connectivity index (χ0n) is 12.3. The van der Waals surface area contributed by atoms with Crippen molar-refractivity contribution in [2.75, 3.05) is 6.61 Å². The van der Waals surface area contributed by atoms with Crippen molar-refractivity contribution >= 4 is 11.9 Å². The molecular weight excluding hydrogens is 292 g/mol. The zero-order chi connectivity index (χ0) is 16.1. The highest BCUT2D eigenvalue weighted by molar-refractivity contribution is 5.88. The lowest BCUT2D eigenvalue weighted by molar-refractivity contribution is -0.234. The van der Waals surface area contributed by atoms with Gasteiger partial charge in [-0.15, -0.1) is 0 Å². The van der Waals surface area contributed by atoms with Gasteiger partial charge in [0.1, 0.15) is 12.7 Å². The summed E-state index contributed by atoms with van der Waals surface area (Å²) < 4.78 is 10.2. The van der Waals surface area contributed by atoms with E-state index in [0.29, 0.717) is 5.57 Å². The van der Waals surface area contributed by atoms with Gasteiger partial charge in [0.25, 0.3) is 0 Å². The number of cyclic esters (lactones) is 1. The second-order valence-corrected chi connectivity index (χ2v) is 7.11. The van der Waals surface area contributed by atoms with E-state index in [1.807, 2.05) is 0 Å². The molecule has 0 aromatic carbocycles. The van der Waals surface area contributed by atoms with Crippen molar-refractivity contribution in [3.63, 3.8) is 0 Å². The molecule has 0 radical (unpaired) electrons. The third-order valence-electron chi connectivity index (χ3n) is 6.36. The minimum atomic E-state index is -1.98. The summed E-state index contributed by atoms with van der Waals surface area (Å²) in [7, 11) is 0. The maximum Gasteiger partial charge on any atom is 0.343 e. The Labute approximate surface area is 126 Å². The lowest BCUT2D eigenvalue weighted by Crippen LogP contribution is -2.71. The first kappa shape index (κ1) is 14.2. The van der Waals surface area contributed by atoms with Crippen LogP contribution in [0.5, 0.6) is 0 Å². The Bertz CT molecular complexity index is 627. The van der Waals surface area contributed by atoms with Crippen LogP contribution in [0, 0.1) is 16.7 Å². The van der Waals surface area contributed by atoms with E-state index in [1.54, 1.807) is 19.9 Å². The predicted molar refractivity (Wildman–Crippen MR) is 70.2 cm³/mol. The van der Waals surface area contributed by atoms with Crippen molar-refractivity contribution < 1.29 is 34.4 Å². The molecule has 1 saturated carbocycles. The monoisotopic (exact) mass is 310 g/mol. The molecule has 22 heavy (non-hydrogen) atoms. The molecule has 0 aromatic heterocycles. The summed E-state index contributed by atoms with van der Waals surface area (Å²) in [6.07, 6.45) is -1.75. The number of rotatable bonds is 0. The van der Waals surface area contributed by atoms with Crippen molar-refractivity contribution in [3.8, 4) is 0 Å². The molecule has 7 unspecified atom stereocenters. The molecule has 4 aliphatic rings. The molecule has 2 saturated heterocycles. The molecule has 7 atom stereocenters. The molecule has 120 valence electrons. The second kappa shape index (κ2) is 3.72. The van der Waals surface area contributed by atoms with Gasteiger partial charge in [0.05, 0.1) is 11.5 Å². The highest BCUT2D eigenvalue weighted by atomic mass is 16.6. The molecule has 0 aromatic rings. The number of fused-ring (bicyclic) bond motifs is 4. The summed E-state index contributed by atoms with van der Waals surface area (Å²) >= 11 is 0. The number of hydrogen-bond donors (Lipinski definition) is 3. The molecule has 4 rings (SSSR count). The van der Waals surface area contributed by atoms with Crippen LogP contribution >= 0.6 is 0 Å². The van der Waals surface area contributed by atoms with E-state index in [1.165, 1.54) is 0 Å². The largest absolute Gasteiger partial charge is 0.462 e. The molecular formula is C15H18O7. The van der Waals surface area contributed by atoms with Gasteiger partial charge in [0.2, 0.25) is 5.60 Å². The molecule has 7 heteroatoms. The average Bonchev–Trinajstić information content (AvgIpc) is 2.87. The molecule has 2 aliphatic carbocycles. The average molecular weight is 310 g/mol. The molecule has 1 spiro atoms. The predicted octanol–water partition coefficient (Wildman–Crippen LogP) is -1.11. The van der Waals surface area contributed by atoms with Crippen molar-refractivity contribution in [2.45, 2.75) is 44.2 Å². The van der Waals surface area contributed by atoms with Gasteiger partial charge >= 0.3 is 11.9 Å². The first-order valence-electron chi connectivity index (χ1n) is 7.38. The fourth-order valence-electron chi connectivity index (χ4n) is 4.94. The zero-order valence-corrected chi connectivity index (χ0v) is 12.3. The van der Waals surface area contributed by atoms with E-state index in [2.05, 4.69) is 0 Å². The number of carbonyl (C=O) groups is 2. The minimum absolute atomic E-state index is 0.0733. The second-order valence-electron chi connectivity index (χ2n) is 7.11. The summed E-state index contributed by atoms with van der Waals surface area (Å²) in [5, 5.41) is 31.8.